The van der Waals surface area contributed by atoms with Gasteiger partial charge in [0.2, 0.25) is 0 Å². The van der Waals surface area contributed by atoms with Gasteiger partial charge < -0.3 is 5.11 Å². The number of carboxylic acid groups (broad SMARTS) is 1. The molecule has 0 unspecified atom stereocenters. The van der Waals surface area contributed by atoms with E-state index in [-0.39, 0.29) is 0 Å². The number of hydrogen-bond acceptors (Lipinski definition) is 1. The second-order valence-electron chi connectivity index (χ2n) is 7.86. The molecule has 0 aliphatic rings. The van der Waals surface area contributed by atoms with Crippen molar-refractivity contribution in [1.82, 2.24) is 0 Å². The monoisotopic (exact) mass is 430 g/mol. The maximum Gasteiger partial charge on any atom is 0.336 e. The molecule has 5 aromatic rings. The van der Waals surface area contributed by atoms with Crippen LogP contribution in [0, 0.1) is 0 Å². The summed E-state index contributed by atoms with van der Waals surface area (Å²) in [5.41, 5.74) is 0.335. The van der Waals surface area contributed by atoms with E-state index < -0.39 is 14.0 Å². The van der Waals surface area contributed by atoms with Gasteiger partial charge in [0, 0.05) is 0 Å². The zero-order chi connectivity index (χ0) is 22.0. The summed E-state index contributed by atoms with van der Waals surface area (Å²) in [6.45, 7) is 0. The maximum absolute atomic E-state index is 12.0. The van der Waals surface area contributed by atoms with E-state index in [0.717, 1.165) is 10.8 Å². The first-order valence-electron chi connectivity index (χ1n) is 10.6. The van der Waals surface area contributed by atoms with Crippen molar-refractivity contribution in [3.8, 4) is 0 Å². The second-order valence-corrected chi connectivity index (χ2v) is 11.6. The number of benzene rings is 5. The van der Waals surface area contributed by atoms with Gasteiger partial charge in [0.1, 0.15) is 0 Å². The molecule has 0 aromatic heterocycles. The van der Waals surface area contributed by atoms with Crippen LogP contribution >= 0.6 is 0 Å². The summed E-state index contributed by atoms with van der Waals surface area (Å²) in [4.78, 5) is 12.0. The van der Waals surface area contributed by atoms with Crippen LogP contribution in [0.15, 0.2) is 127 Å². The Hall–Kier alpha value is -3.95. The van der Waals surface area contributed by atoms with Gasteiger partial charge in [0.25, 0.3) is 0 Å². The lowest BCUT2D eigenvalue weighted by molar-refractivity contribution is 0.0699. The van der Waals surface area contributed by atoms with E-state index in [2.05, 4.69) is 78.9 Å². The van der Waals surface area contributed by atoms with Crippen molar-refractivity contribution in [3.05, 3.63) is 133 Å². The second kappa shape index (κ2) is 8.29. The Labute approximate surface area is 188 Å². The summed E-state index contributed by atoms with van der Waals surface area (Å²) in [6.07, 6.45) is 0. The molecule has 5 rings (SSSR count). The fourth-order valence-corrected chi connectivity index (χ4v) is 9.81. The molecule has 5 aromatic carbocycles. The Bertz CT molecular complexity index is 1280. The van der Waals surface area contributed by atoms with Gasteiger partial charge in [0.15, 0.2) is 8.07 Å². The molecule has 154 valence electrons. The van der Waals surface area contributed by atoms with Crippen LogP contribution in [0.4, 0.5) is 0 Å². The number of aromatic carboxylic acids is 1. The Balaban J connectivity index is 1.99. The summed E-state index contributed by atoms with van der Waals surface area (Å²) in [5.74, 6) is -0.904. The van der Waals surface area contributed by atoms with Gasteiger partial charge in [0.05, 0.1) is 5.56 Å². The fraction of sp³-hybridized carbons (Fsp3) is 0. The van der Waals surface area contributed by atoms with Gasteiger partial charge >= 0.3 is 5.97 Å². The highest BCUT2D eigenvalue weighted by atomic mass is 28.3. The SMILES string of the molecule is O=C(O)c1ccc([Si](c2ccccc2)(c2ccccc2)c2ccccc2)c2ccccc12. The number of hydrogen-bond donors (Lipinski definition) is 1. The minimum atomic E-state index is -2.72. The van der Waals surface area contributed by atoms with E-state index in [1.165, 1.54) is 20.7 Å². The third-order valence-corrected chi connectivity index (χ3v) is 11.0. The molecule has 0 spiro atoms. The average molecular weight is 431 g/mol. The molecule has 0 saturated heterocycles. The molecule has 0 heterocycles. The molecule has 0 radical (unpaired) electrons. The number of carbonyl (C=O) groups is 1. The summed E-state index contributed by atoms with van der Waals surface area (Å²) < 4.78 is 0. The first-order valence-corrected chi connectivity index (χ1v) is 12.6. The van der Waals surface area contributed by atoms with Crippen LogP contribution in [0.3, 0.4) is 0 Å². The van der Waals surface area contributed by atoms with Crippen molar-refractivity contribution in [2.45, 2.75) is 0 Å². The van der Waals surface area contributed by atoms with Crippen LogP contribution in [-0.2, 0) is 0 Å². The van der Waals surface area contributed by atoms with Gasteiger partial charge in [-0.3, -0.25) is 0 Å². The zero-order valence-electron chi connectivity index (χ0n) is 17.5. The lowest BCUT2D eigenvalue weighted by Crippen LogP contribution is -2.74. The fourth-order valence-electron chi connectivity index (χ4n) is 4.84. The van der Waals surface area contributed by atoms with Crippen molar-refractivity contribution in [2.24, 2.45) is 0 Å². The van der Waals surface area contributed by atoms with Crippen LogP contribution in [0.25, 0.3) is 10.8 Å². The van der Waals surface area contributed by atoms with Crippen LogP contribution in [-0.4, -0.2) is 19.1 Å². The van der Waals surface area contributed by atoms with Crippen LogP contribution in [0.5, 0.6) is 0 Å². The minimum Gasteiger partial charge on any atom is -0.478 e. The molecule has 1 N–H and O–H groups in total. The highest BCUT2D eigenvalue weighted by Gasteiger charge is 2.42. The van der Waals surface area contributed by atoms with E-state index in [0.29, 0.717) is 5.56 Å². The highest BCUT2D eigenvalue weighted by molar-refractivity contribution is 7.20. The molecular formula is C29H22O2Si. The van der Waals surface area contributed by atoms with Gasteiger partial charge in [-0.2, -0.15) is 0 Å². The van der Waals surface area contributed by atoms with Crippen molar-refractivity contribution in [2.75, 3.05) is 0 Å². The van der Waals surface area contributed by atoms with Crippen molar-refractivity contribution in [1.29, 1.82) is 0 Å². The molecule has 3 heteroatoms. The van der Waals surface area contributed by atoms with Gasteiger partial charge in [-0.25, -0.2) is 4.79 Å². The number of fused-ring (bicyclic) bond motifs is 1. The molecule has 0 aliphatic heterocycles. The maximum atomic E-state index is 12.0. The standard InChI is InChI=1S/C29H22O2Si/c30-29(31)27-20-21-28(26-19-11-10-18-25(26)27)32(22-12-4-1-5-13-22,23-14-6-2-7-15-23)24-16-8-3-9-17-24/h1-21H,(H,30,31). The molecule has 2 nitrogen and oxygen atoms in total. The van der Waals surface area contributed by atoms with Crippen LogP contribution in [0.1, 0.15) is 10.4 Å². The van der Waals surface area contributed by atoms with Gasteiger partial charge in [-0.1, -0.05) is 121 Å². The van der Waals surface area contributed by atoms with E-state index in [1.54, 1.807) is 6.07 Å². The van der Waals surface area contributed by atoms with Crippen LogP contribution in [0.2, 0.25) is 0 Å². The molecular weight excluding hydrogens is 408 g/mol. The van der Waals surface area contributed by atoms with Crippen molar-refractivity contribution < 1.29 is 9.90 Å². The first-order chi connectivity index (χ1) is 15.7. The predicted octanol–water partition coefficient (Wildman–Crippen LogP) is 3.92. The summed E-state index contributed by atoms with van der Waals surface area (Å²) in [6, 6.07) is 43.7. The van der Waals surface area contributed by atoms with E-state index in [9.17, 15) is 9.90 Å². The molecule has 0 aliphatic carbocycles. The van der Waals surface area contributed by atoms with Crippen molar-refractivity contribution in [3.63, 3.8) is 0 Å². The molecule has 0 amide bonds. The van der Waals surface area contributed by atoms with Gasteiger partial charge in [-0.05, 0) is 37.6 Å². The molecule has 32 heavy (non-hydrogen) atoms. The third-order valence-electron chi connectivity index (χ3n) is 6.18. The molecule has 0 atom stereocenters. The van der Waals surface area contributed by atoms with Gasteiger partial charge in [-0.15, -0.1) is 0 Å². The topological polar surface area (TPSA) is 37.3 Å². The van der Waals surface area contributed by atoms with Crippen molar-refractivity contribution >= 4 is 45.6 Å². The zero-order valence-corrected chi connectivity index (χ0v) is 18.5. The minimum absolute atomic E-state index is 0.335. The summed E-state index contributed by atoms with van der Waals surface area (Å²) in [7, 11) is -2.72. The lowest BCUT2D eigenvalue weighted by Gasteiger charge is -2.35. The van der Waals surface area contributed by atoms with E-state index >= 15 is 0 Å². The average Bonchev–Trinajstić information content (AvgIpc) is 2.86. The quantitative estimate of drug-likeness (QED) is 0.339. The molecule has 0 saturated carbocycles. The Kier molecular flexibility index (Phi) is 5.18. The Morgan fingerprint density at radius 3 is 1.34 bits per heavy atom. The predicted molar refractivity (Wildman–Crippen MR) is 135 cm³/mol. The third kappa shape index (κ3) is 3.15. The molecule has 0 bridgehead atoms. The largest absolute Gasteiger partial charge is 0.478 e. The molecule has 0 fully saturated rings. The Morgan fingerprint density at radius 1 is 0.500 bits per heavy atom. The normalized spacial score (nSPS) is 11.4. The summed E-state index contributed by atoms with van der Waals surface area (Å²) in [5, 5.41) is 16.6. The number of carboxylic acids is 1. The lowest BCUT2D eigenvalue weighted by atomic mass is 10.0. The smallest absolute Gasteiger partial charge is 0.336 e. The van der Waals surface area contributed by atoms with E-state index in [1.807, 2.05) is 42.5 Å². The Morgan fingerprint density at radius 2 is 0.906 bits per heavy atom. The first kappa shape index (κ1) is 20.0. The van der Waals surface area contributed by atoms with E-state index in [4.69, 9.17) is 0 Å². The number of rotatable bonds is 5. The summed E-state index contributed by atoms with van der Waals surface area (Å²) >= 11 is 0. The highest BCUT2D eigenvalue weighted by Crippen LogP contribution is 2.21. The van der Waals surface area contributed by atoms with Crippen LogP contribution < -0.4 is 20.7 Å².